The fraction of sp³-hybridized carbons (Fsp3) is 0.545. The molecule has 1 fully saturated rings. The van der Waals surface area contributed by atoms with E-state index in [-0.39, 0.29) is 11.9 Å². The van der Waals surface area contributed by atoms with Gasteiger partial charge in [-0.2, -0.15) is 0 Å². The average molecular weight is 220 g/mol. The predicted octanol–water partition coefficient (Wildman–Crippen LogP) is 1.19. The van der Waals surface area contributed by atoms with Crippen LogP contribution in [0.15, 0.2) is 12.1 Å². The van der Waals surface area contributed by atoms with E-state index in [2.05, 4.69) is 20.8 Å². The maximum absolute atomic E-state index is 11.6. The summed E-state index contributed by atoms with van der Waals surface area (Å²) in [7, 11) is 0. The van der Waals surface area contributed by atoms with Crippen molar-refractivity contribution >= 4 is 11.7 Å². The highest BCUT2D eigenvalue weighted by molar-refractivity contribution is 5.92. The van der Waals surface area contributed by atoms with Gasteiger partial charge in [-0.05, 0) is 38.8 Å². The van der Waals surface area contributed by atoms with Crippen molar-refractivity contribution in [2.45, 2.75) is 38.8 Å². The molecule has 2 rings (SSSR count). The molecule has 0 atom stereocenters. The van der Waals surface area contributed by atoms with E-state index in [1.54, 1.807) is 12.1 Å². The highest BCUT2D eigenvalue weighted by atomic mass is 16.1. The number of nitrogens with zero attached hydrogens (tertiary/aromatic N) is 2. The zero-order valence-corrected chi connectivity index (χ0v) is 9.53. The molecule has 1 aromatic heterocycles. The van der Waals surface area contributed by atoms with Crippen LogP contribution in [0.4, 0.5) is 5.82 Å². The molecule has 0 unspecified atom stereocenters. The molecule has 1 aliphatic rings. The minimum absolute atomic E-state index is 0.110. The monoisotopic (exact) mass is 220 g/mol. The van der Waals surface area contributed by atoms with Gasteiger partial charge in [-0.25, -0.2) is 0 Å². The van der Waals surface area contributed by atoms with E-state index < -0.39 is 0 Å². The summed E-state index contributed by atoms with van der Waals surface area (Å²) in [4.78, 5) is 11.6. The van der Waals surface area contributed by atoms with E-state index in [0.29, 0.717) is 11.7 Å². The van der Waals surface area contributed by atoms with Crippen LogP contribution in [0.1, 0.15) is 37.2 Å². The third-order valence-electron chi connectivity index (χ3n) is 2.25. The molecule has 2 N–H and O–H groups in total. The average Bonchev–Trinajstić information content (AvgIpc) is 3.01. The summed E-state index contributed by atoms with van der Waals surface area (Å²) < 4.78 is 0. The van der Waals surface area contributed by atoms with Gasteiger partial charge in [0.05, 0.1) is 0 Å². The van der Waals surface area contributed by atoms with Gasteiger partial charge in [-0.1, -0.05) is 0 Å². The van der Waals surface area contributed by atoms with Gasteiger partial charge in [0, 0.05) is 12.1 Å². The first-order valence-corrected chi connectivity index (χ1v) is 5.56. The first-order chi connectivity index (χ1) is 7.65. The van der Waals surface area contributed by atoms with Crippen LogP contribution in [0, 0.1) is 0 Å². The summed E-state index contributed by atoms with van der Waals surface area (Å²) in [5.41, 5.74) is 0.357. The Morgan fingerprint density at radius 2 is 2.12 bits per heavy atom. The van der Waals surface area contributed by atoms with Gasteiger partial charge in [0.25, 0.3) is 5.91 Å². The second-order valence-electron chi connectivity index (χ2n) is 4.35. The molecule has 0 bridgehead atoms. The van der Waals surface area contributed by atoms with Gasteiger partial charge in [-0.15, -0.1) is 10.2 Å². The Balaban J connectivity index is 1.97. The maximum atomic E-state index is 11.6. The van der Waals surface area contributed by atoms with E-state index in [4.69, 9.17) is 0 Å². The fourth-order valence-corrected chi connectivity index (χ4v) is 1.30. The number of aromatic nitrogens is 2. The van der Waals surface area contributed by atoms with Crippen molar-refractivity contribution in [3.63, 3.8) is 0 Å². The lowest BCUT2D eigenvalue weighted by molar-refractivity contribution is 0.0937. The Kier molecular flexibility index (Phi) is 3.03. The highest BCUT2D eigenvalue weighted by Gasteiger charge is 2.21. The summed E-state index contributed by atoms with van der Waals surface area (Å²) >= 11 is 0. The first kappa shape index (κ1) is 10.9. The molecule has 5 nitrogen and oxygen atoms in total. The zero-order valence-electron chi connectivity index (χ0n) is 9.53. The van der Waals surface area contributed by atoms with E-state index in [1.807, 2.05) is 13.8 Å². The summed E-state index contributed by atoms with van der Waals surface area (Å²) in [6.45, 7) is 3.82. The highest BCUT2D eigenvalue weighted by Crippen LogP contribution is 2.23. The Morgan fingerprint density at radius 1 is 1.38 bits per heavy atom. The van der Waals surface area contributed by atoms with Gasteiger partial charge in [0.15, 0.2) is 5.69 Å². The number of rotatable bonds is 4. The van der Waals surface area contributed by atoms with Crippen LogP contribution in [0.2, 0.25) is 0 Å². The van der Waals surface area contributed by atoms with Crippen molar-refractivity contribution in [3.05, 3.63) is 17.8 Å². The summed E-state index contributed by atoms with van der Waals surface area (Å²) in [5, 5.41) is 13.8. The first-order valence-electron chi connectivity index (χ1n) is 5.56. The number of amides is 1. The molecule has 1 saturated carbocycles. The molecule has 0 aromatic carbocycles. The van der Waals surface area contributed by atoms with Gasteiger partial charge in [0.2, 0.25) is 0 Å². The molecule has 0 saturated heterocycles. The summed E-state index contributed by atoms with van der Waals surface area (Å²) in [6.07, 6.45) is 2.38. The van der Waals surface area contributed by atoms with Crippen LogP contribution in [0.3, 0.4) is 0 Å². The largest absolute Gasteiger partial charge is 0.366 e. The molecular weight excluding hydrogens is 204 g/mol. The van der Waals surface area contributed by atoms with Crippen molar-refractivity contribution in [2.24, 2.45) is 0 Å². The lowest BCUT2D eigenvalue weighted by Crippen LogP contribution is -2.30. The van der Waals surface area contributed by atoms with Crippen molar-refractivity contribution in [1.29, 1.82) is 0 Å². The molecule has 86 valence electrons. The molecule has 0 spiro atoms. The van der Waals surface area contributed by atoms with Gasteiger partial charge < -0.3 is 10.6 Å². The minimum atomic E-state index is -0.180. The van der Waals surface area contributed by atoms with Crippen LogP contribution in [-0.4, -0.2) is 28.2 Å². The Morgan fingerprint density at radius 3 is 2.62 bits per heavy atom. The van der Waals surface area contributed by atoms with Crippen LogP contribution >= 0.6 is 0 Å². The van der Waals surface area contributed by atoms with Crippen LogP contribution in [0.5, 0.6) is 0 Å². The third kappa shape index (κ3) is 2.92. The molecule has 16 heavy (non-hydrogen) atoms. The van der Waals surface area contributed by atoms with Crippen molar-refractivity contribution in [3.8, 4) is 0 Å². The summed E-state index contributed by atoms with van der Waals surface area (Å²) in [6, 6.07) is 4.14. The number of anilines is 1. The minimum Gasteiger partial charge on any atom is -0.366 e. The quantitative estimate of drug-likeness (QED) is 0.799. The summed E-state index contributed by atoms with van der Waals surface area (Å²) in [5.74, 6) is 0.559. The number of hydrogen-bond donors (Lipinski definition) is 2. The molecule has 1 amide bonds. The maximum Gasteiger partial charge on any atom is 0.271 e. The second kappa shape index (κ2) is 4.47. The lowest BCUT2D eigenvalue weighted by Gasteiger charge is -2.07. The lowest BCUT2D eigenvalue weighted by atomic mass is 10.3. The topological polar surface area (TPSA) is 66.9 Å². The van der Waals surface area contributed by atoms with E-state index >= 15 is 0 Å². The second-order valence-corrected chi connectivity index (χ2v) is 4.35. The molecule has 1 aliphatic carbocycles. The normalized spacial score (nSPS) is 14.9. The molecule has 1 aromatic rings. The molecule has 0 aliphatic heterocycles. The van der Waals surface area contributed by atoms with Crippen LogP contribution in [0.25, 0.3) is 0 Å². The standard InChI is InChI=1S/C11H16N4O/c1-7(2)12-11(16)9-5-6-10(15-14-9)13-8-3-4-8/h5-8H,3-4H2,1-2H3,(H,12,16)(H,13,15). The number of nitrogens with one attached hydrogen (secondary N) is 2. The van der Waals surface area contributed by atoms with Crippen molar-refractivity contribution in [2.75, 3.05) is 5.32 Å². The van der Waals surface area contributed by atoms with Crippen molar-refractivity contribution in [1.82, 2.24) is 15.5 Å². The Labute approximate surface area is 94.6 Å². The van der Waals surface area contributed by atoms with Gasteiger partial charge >= 0.3 is 0 Å². The van der Waals surface area contributed by atoms with E-state index in [1.165, 1.54) is 12.8 Å². The number of hydrogen-bond acceptors (Lipinski definition) is 4. The SMILES string of the molecule is CC(C)NC(=O)c1ccc(NC2CC2)nn1. The predicted molar refractivity (Wildman–Crippen MR) is 61.3 cm³/mol. The molecule has 1 heterocycles. The fourth-order valence-electron chi connectivity index (χ4n) is 1.30. The van der Waals surface area contributed by atoms with E-state index in [0.717, 1.165) is 5.82 Å². The van der Waals surface area contributed by atoms with Crippen LogP contribution < -0.4 is 10.6 Å². The van der Waals surface area contributed by atoms with Crippen LogP contribution in [-0.2, 0) is 0 Å². The van der Waals surface area contributed by atoms with E-state index in [9.17, 15) is 4.79 Å². The van der Waals surface area contributed by atoms with Gasteiger partial charge in [0.1, 0.15) is 5.82 Å². The molecule has 5 heteroatoms. The number of carbonyl (C=O) groups is 1. The van der Waals surface area contributed by atoms with Gasteiger partial charge in [-0.3, -0.25) is 4.79 Å². The Bertz CT molecular complexity index is 370. The third-order valence-corrected chi connectivity index (χ3v) is 2.25. The number of carbonyl (C=O) groups excluding carboxylic acids is 1. The molecular formula is C11H16N4O. The van der Waals surface area contributed by atoms with Crippen molar-refractivity contribution < 1.29 is 4.79 Å². The molecule has 0 radical (unpaired) electrons. The smallest absolute Gasteiger partial charge is 0.271 e. The Hall–Kier alpha value is -1.65. The zero-order chi connectivity index (χ0) is 11.5.